The van der Waals surface area contributed by atoms with Gasteiger partial charge in [-0.2, -0.15) is 0 Å². The van der Waals surface area contributed by atoms with Crippen molar-refractivity contribution in [1.29, 1.82) is 0 Å². The van der Waals surface area contributed by atoms with Crippen LogP contribution in [0.2, 0.25) is 0 Å². The highest BCUT2D eigenvalue weighted by molar-refractivity contribution is 7.26. The SMILES string of the molecule is c1ccc2c(-c3ccc4oc5c(-c6ccc7c(c6)c6ccccc6c6ccc8c9ccccc9sc8c67)cccc5c4c3)cccc2c1. The minimum Gasteiger partial charge on any atom is -0.455 e. The largest absolute Gasteiger partial charge is 0.455 e. The number of para-hydroxylation sites is 1. The van der Waals surface area contributed by atoms with Gasteiger partial charge in [0.05, 0.1) is 0 Å². The second kappa shape index (κ2) is 9.78. The predicted molar refractivity (Wildman–Crippen MR) is 208 cm³/mol. The lowest BCUT2D eigenvalue weighted by Crippen LogP contribution is -1.86. The normalized spacial score (nSPS) is 12.2. The fraction of sp³-hybridized carbons (Fsp3) is 0. The summed E-state index contributed by atoms with van der Waals surface area (Å²) in [5, 5.41) is 15.2. The van der Waals surface area contributed by atoms with E-state index < -0.39 is 0 Å². The highest BCUT2D eigenvalue weighted by Gasteiger charge is 2.18. The van der Waals surface area contributed by atoms with Crippen molar-refractivity contribution in [2.24, 2.45) is 0 Å². The van der Waals surface area contributed by atoms with Crippen molar-refractivity contribution in [1.82, 2.24) is 0 Å². The molecule has 11 rings (SSSR count). The van der Waals surface area contributed by atoms with Gasteiger partial charge < -0.3 is 4.42 Å². The Balaban J connectivity index is 1.16. The molecule has 0 aliphatic heterocycles. The second-order valence-electron chi connectivity index (χ2n) is 12.8. The smallest absolute Gasteiger partial charge is 0.143 e. The van der Waals surface area contributed by atoms with E-state index in [9.17, 15) is 0 Å². The first-order chi connectivity index (χ1) is 23.8. The lowest BCUT2D eigenvalue weighted by Gasteiger charge is -2.13. The molecule has 0 N–H and O–H groups in total. The molecule has 0 aliphatic carbocycles. The summed E-state index contributed by atoms with van der Waals surface area (Å²) in [6.07, 6.45) is 0. The summed E-state index contributed by atoms with van der Waals surface area (Å²) in [6.45, 7) is 0. The van der Waals surface area contributed by atoms with E-state index in [4.69, 9.17) is 4.42 Å². The van der Waals surface area contributed by atoms with Crippen molar-refractivity contribution in [3.63, 3.8) is 0 Å². The predicted octanol–water partition coefficient (Wildman–Crippen LogP) is 13.9. The summed E-state index contributed by atoms with van der Waals surface area (Å²) in [5.74, 6) is 0. The van der Waals surface area contributed by atoms with Crippen molar-refractivity contribution in [3.8, 4) is 22.3 Å². The van der Waals surface area contributed by atoms with Gasteiger partial charge >= 0.3 is 0 Å². The zero-order valence-corrected chi connectivity index (χ0v) is 26.6. The topological polar surface area (TPSA) is 13.1 Å². The van der Waals surface area contributed by atoms with Crippen LogP contribution in [0, 0.1) is 0 Å². The Bertz CT molecular complexity index is 3120. The highest BCUT2D eigenvalue weighted by atomic mass is 32.1. The molecule has 0 aliphatic rings. The molecule has 0 saturated carbocycles. The average molecular weight is 627 g/mol. The van der Waals surface area contributed by atoms with Gasteiger partial charge in [0.25, 0.3) is 0 Å². The zero-order chi connectivity index (χ0) is 31.3. The molecule has 222 valence electrons. The molecule has 0 atom stereocenters. The Morgan fingerprint density at radius 3 is 1.90 bits per heavy atom. The molecule has 1 nitrogen and oxygen atoms in total. The minimum atomic E-state index is 0.908. The molecule has 0 radical (unpaired) electrons. The molecule has 0 bridgehead atoms. The van der Waals surface area contributed by atoms with E-state index >= 15 is 0 Å². The minimum absolute atomic E-state index is 0.908. The summed E-state index contributed by atoms with van der Waals surface area (Å²) < 4.78 is 9.37. The van der Waals surface area contributed by atoms with Crippen LogP contribution in [-0.2, 0) is 0 Å². The Labute approximate surface area is 279 Å². The quantitative estimate of drug-likeness (QED) is 0.174. The number of hydrogen-bond acceptors (Lipinski definition) is 2. The summed E-state index contributed by atoms with van der Waals surface area (Å²) in [4.78, 5) is 0. The number of rotatable bonds is 2. The van der Waals surface area contributed by atoms with Crippen LogP contribution >= 0.6 is 11.3 Å². The van der Waals surface area contributed by atoms with Crippen LogP contribution in [0.4, 0.5) is 0 Å². The maximum Gasteiger partial charge on any atom is 0.143 e. The van der Waals surface area contributed by atoms with Crippen molar-refractivity contribution >= 4 is 96.5 Å². The fourth-order valence-electron chi connectivity index (χ4n) is 8.06. The number of furan rings is 1. The van der Waals surface area contributed by atoms with Crippen LogP contribution in [-0.4, -0.2) is 0 Å². The Hall–Kier alpha value is -5.96. The van der Waals surface area contributed by atoms with E-state index in [1.807, 2.05) is 11.3 Å². The van der Waals surface area contributed by atoms with Gasteiger partial charge in [0, 0.05) is 41.9 Å². The molecule has 9 aromatic carbocycles. The van der Waals surface area contributed by atoms with Crippen LogP contribution in [0.15, 0.2) is 162 Å². The summed E-state index contributed by atoms with van der Waals surface area (Å²) in [5.41, 5.74) is 6.55. The third-order valence-electron chi connectivity index (χ3n) is 10.3. The van der Waals surface area contributed by atoms with Crippen molar-refractivity contribution in [2.75, 3.05) is 0 Å². The van der Waals surface area contributed by atoms with Gasteiger partial charge in [0.15, 0.2) is 0 Å². The lowest BCUT2D eigenvalue weighted by molar-refractivity contribution is 0.670. The molecule has 0 saturated heterocycles. The van der Waals surface area contributed by atoms with E-state index in [0.29, 0.717) is 0 Å². The summed E-state index contributed by atoms with van der Waals surface area (Å²) in [7, 11) is 0. The molecule has 0 spiro atoms. The van der Waals surface area contributed by atoms with E-state index in [2.05, 4.69) is 158 Å². The maximum atomic E-state index is 6.68. The molecular formula is C46H26OS. The molecule has 2 heteroatoms. The van der Waals surface area contributed by atoms with Crippen LogP contribution in [0.1, 0.15) is 0 Å². The van der Waals surface area contributed by atoms with Gasteiger partial charge in [-0.1, -0.05) is 133 Å². The number of thiophene rings is 1. The van der Waals surface area contributed by atoms with Crippen LogP contribution in [0.25, 0.3) is 107 Å². The van der Waals surface area contributed by atoms with Gasteiger partial charge in [0.1, 0.15) is 11.2 Å². The van der Waals surface area contributed by atoms with Crippen molar-refractivity contribution in [3.05, 3.63) is 158 Å². The van der Waals surface area contributed by atoms with Crippen LogP contribution in [0.5, 0.6) is 0 Å². The van der Waals surface area contributed by atoms with Crippen molar-refractivity contribution in [2.45, 2.75) is 0 Å². The van der Waals surface area contributed by atoms with Crippen molar-refractivity contribution < 1.29 is 4.42 Å². The zero-order valence-electron chi connectivity index (χ0n) is 25.8. The van der Waals surface area contributed by atoms with Gasteiger partial charge in [-0.15, -0.1) is 11.3 Å². The summed E-state index contributed by atoms with van der Waals surface area (Å²) >= 11 is 1.90. The molecule has 2 heterocycles. The monoisotopic (exact) mass is 626 g/mol. The Morgan fingerprint density at radius 1 is 0.375 bits per heavy atom. The molecule has 11 aromatic rings. The molecule has 48 heavy (non-hydrogen) atoms. The maximum absolute atomic E-state index is 6.68. The Kier molecular flexibility index (Phi) is 5.32. The van der Waals surface area contributed by atoms with E-state index in [0.717, 1.165) is 33.1 Å². The van der Waals surface area contributed by atoms with Crippen LogP contribution in [0.3, 0.4) is 0 Å². The van der Waals surface area contributed by atoms with E-state index in [1.54, 1.807) is 0 Å². The number of benzene rings is 9. The third kappa shape index (κ3) is 3.61. The molecule has 2 aromatic heterocycles. The first kappa shape index (κ1) is 26.1. The highest BCUT2D eigenvalue weighted by Crippen LogP contribution is 2.46. The molecule has 0 amide bonds. The van der Waals surface area contributed by atoms with E-state index in [-0.39, 0.29) is 0 Å². The van der Waals surface area contributed by atoms with Gasteiger partial charge in [0.2, 0.25) is 0 Å². The molecule has 0 fully saturated rings. The summed E-state index contributed by atoms with van der Waals surface area (Å²) in [6, 6.07) is 57.6. The lowest BCUT2D eigenvalue weighted by atomic mass is 9.91. The molecular weight excluding hydrogens is 601 g/mol. The third-order valence-corrected chi connectivity index (χ3v) is 11.5. The molecule has 0 unspecified atom stereocenters. The average Bonchev–Trinajstić information content (AvgIpc) is 3.72. The Morgan fingerprint density at radius 2 is 0.979 bits per heavy atom. The first-order valence-corrected chi connectivity index (χ1v) is 17.2. The number of fused-ring (bicyclic) bond motifs is 14. The standard InChI is InChI=1S/C46H26OS/c1-2-11-30-27(9-1)10-7-15-31(30)28-20-24-42-41(26-28)38-17-8-16-32(45(38)47-42)29-19-21-37-40(25-29)34-13-4-3-12-33(34)36-22-23-39-35-14-5-6-18-43(35)48-46(39)44(36)37/h1-26H. The van der Waals surface area contributed by atoms with Crippen LogP contribution < -0.4 is 0 Å². The second-order valence-corrected chi connectivity index (χ2v) is 13.8. The van der Waals surface area contributed by atoms with Gasteiger partial charge in [-0.05, 0) is 78.7 Å². The van der Waals surface area contributed by atoms with Gasteiger partial charge in [-0.25, -0.2) is 0 Å². The first-order valence-electron chi connectivity index (χ1n) is 16.4. The fourth-order valence-corrected chi connectivity index (χ4v) is 9.32. The van der Waals surface area contributed by atoms with Gasteiger partial charge in [-0.3, -0.25) is 0 Å². The number of hydrogen-bond donors (Lipinski definition) is 0. The van der Waals surface area contributed by atoms with E-state index in [1.165, 1.54) is 74.4 Å².